The molecule has 0 amide bonds. The van der Waals surface area contributed by atoms with Crippen LogP contribution in [0, 0.1) is 0 Å². The van der Waals surface area contributed by atoms with E-state index in [2.05, 4.69) is 9.47 Å². The summed E-state index contributed by atoms with van der Waals surface area (Å²) in [5.41, 5.74) is 0. The Hall–Kier alpha value is -1.01. The second kappa shape index (κ2) is 4.13. The van der Waals surface area contributed by atoms with Gasteiger partial charge in [-0.05, 0) is 6.92 Å². The maximum atomic E-state index is 11.8. The van der Waals surface area contributed by atoms with E-state index in [1.807, 2.05) is 0 Å². The molecule has 0 saturated carbocycles. The fourth-order valence-electron chi connectivity index (χ4n) is 0.303. The van der Waals surface area contributed by atoms with Crippen LogP contribution in [-0.4, -0.2) is 25.3 Å². The minimum absolute atomic E-state index is 0.177. The molecule has 0 aromatic heterocycles. The van der Waals surface area contributed by atoms with Gasteiger partial charge in [-0.15, -0.1) is 0 Å². The van der Waals surface area contributed by atoms with Crippen LogP contribution in [0.25, 0.3) is 0 Å². The molecule has 12 heavy (non-hydrogen) atoms. The van der Waals surface area contributed by atoms with Crippen LogP contribution in [0.4, 0.5) is 22.4 Å². The van der Waals surface area contributed by atoms with E-state index in [-0.39, 0.29) is 6.61 Å². The molecule has 1 unspecified atom stereocenters. The molecule has 0 bridgehead atoms. The molecule has 0 rings (SSSR count). The van der Waals surface area contributed by atoms with Gasteiger partial charge < -0.3 is 9.47 Å². The van der Waals surface area contributed by atoms with Gasteiger partial charge in [0.05, 0.1) is 6.61 Å². The molecular formula is C5H6F4O3. The Balaban J connectivity index is 3.84. The molecule has 0 aromatic carbocycles. The van der Waals surface area contributed by atoms with Crippen molar-refractivity contribution >= 4 is 6.16 Å². The van der Waals surface area contributed by atoms with E-state index in [0.29, 0.717) is 0 Å². The van der Waals surface area contributed by atoms with Gasteiger partial charge in [-0.2, -0.15) is 17.6 Å². The third-order valence-corrected chi connectivity index (χ3v) is 0.719. The second-order valence-electron chi connectivity index (χ2n) is 1.66. The van der Waals surface area contributed by atoms with Gasteiger partial charge in [0.2, 0.25) is 0 Å². The van der Waals surface area contributed by atoms with Gasteiger partial charge in [0.15, 0.2) is 0 Å². The monoisotopic (exact) mass is 190 g/mol. The van der Waals surface area contributed by atoms with E-state index in [9.17, 15) is 22.4 Å². The first kappa shape index (κ1) is 11.0. The van der Waals surface area contributed by atoms with Gasteiger partial charge >= 0.3 is 18.7 Å². The molecule has 72 valence electrons. The fourth-order valence-corrected chi connectivity index (χ4v) is 0.303. The number of ether oxygens (including phenoxy) is 2. The molecule has 0 spiro atoms. The van der Waals surface area contributed by atoms with Crippen LogP contribution in [0.5, 0.6) is 0 Å². The van der Waals surface area contributed by atoms with E-state index < -0.39 is 18.7 Å². The summed E-state index contributed by atoms with van der Waals surface area (Å²) in [5, 5.41) is 0. The molecule has 7 heteroatoms. The minimum Gasteiger partial charge on any atom is -0.435 e. The van der Waals surface area contributed by atoms with Crippen LogP contribution in [0.1, 0.15) is 6.92 Å². The molecule has 0 saturated heterocycles. The van der Waals surface area contributed by atoms with Gasteiger partial charge in [-0.3, -0.25) is 0 Å². The maximum Gasteiger partial charge on any atom is 0.511 e. The molecule has 0 radical (unpaired) electrons. The first-order valence-electron chi connectivity index (χ1n) is 2.92. The first-order chi connectivity index (χ1) is 5.38. The SMILES string of the molecule is CCOC(=O)OC(F)C(F)(F)F. The van der Waals surface area contributed by atoms with Gasteiger partial charge in [0, 0.05) is 0 Å². The molecule has 1 atom stereocenters. The molecule has 0 aromatic rings. The third kappa shape index (κ3) is 3.99. The zero-order valence-corrected chi connectivity index (χ0v) is 6.02. The Morgan fingerprint density at radius 2 is 2.00 bits per heavy atom. The number of halogens is 4. The normalized spacial score (nSPS) is 13.8. The number of rotatable bonds is 2. The fraction of sp³-hybridized carbons (Fsp3) is 0.800. The Labute approximate surface area is 65.2 Å². The minimum atomic E-state index is -5.20. The Kier molecular flexibility index (Phi) is 3.78. The average molecular weight is 190 g/mol. The summed E-state index contributed by atoms with van der Waals surface area (Å²) in [6, 6.07) is 0. The first-order valence-corrected chi connectivity index (χ1v) is 2.92. The van der Waals surface area contributed by atoms with Gasteiger partial charge in [0.1, 0.15) is 0 Å². The summed E-state index contributed by atoms with van der Waals surface area (Å²) in [7, 11) is 0. The standard InChI is InChI=1S/C5H6F4O3/c1-2-11-4(10)12-3(6)5(7,8)9/h3H,2H2,1H3. The van der Waals surface area contributed by atoms with E-state index >= 15 is 0 Å². The summed E-state index contributed by atoms with van der Waals surface area (Å²) in [6.07, 6.45) is -10.5. The molecule has 0 heterocycles. The highest BCUT2D eigenvalue weighted by atomic mass is 19.4. The van der Waals surface area contributed by atoms with Crippen molar-refractivity contribution in [3.05, 3.63) is 0 Å². The second-order valence-corrected chi connectivity index (χ2v) is 1.66. The highest BCUT2D eigenvalue weighted by Gasteiger charge is 2.43. The highest BCUT2D eigenvalue weighted by molar-refractivity contribution is 5.59. The molecule has 0 aliphatic carbocycles. The number of hydrogen-bond acceptors (Lipinski definition) is 3. The van der Waals surface area contributed by atoms with Crippen LogP contribution >= 0.6 is 0 Å². The Morgan fingerprint density at radius 1 is 1.50 bits per heavy atom. The largest absolute Gasteiger partial charge is 0.511 e. The lowest BCUT2D eigenvalue weighted by molar-refractivity contribution is -0.250. The average Bonchev–Trinajstić information content (AvgIpc) is 1.85. The van der Waals surface area contributed by atoms with Crippen LogP contribution < -0.4 is 0 Å². The van der Waals surface area contributed by atoms with Crippen molar-refractivity contribution < 1.29 is 31.8 Å². The summed E-state index contributed by atoms with van der Waals surface area (Å²) in [6.45, 7) is 1.17. The van der Waals surface area contributed by atoms with Crippen molar-refractivity contribution in [2.75, 3.05) is 6.61 Å². The molecule has 0 fully saturated rings. The van der Waals surface area contributed by atoms with Crippen molar-refractivity contribution in [3.8, 4) is 0 Å². The van der Waals surface area contributed by atoms with Crippen LogP contribution in [0.2, 0.25) is 0 Å². The lowest BCUT2D eigenvalue weighted by Gasteiger charge is -2.11. The maximum absolute atomic E-state index is 11.8. The zero-order chi connectivity index (χ0) is 9.78. The lowest BCUT2D eigenvalue weighted by atomic mass is 10.7. The van der Waals surface area contributed by atoms with Gasteiger partial charge in [-0.1, -0.05) is 0 Å². The van der Waals surface area contributed by atoms with Crippen molar-refractivity contribution in [2.24, 2.45) is 0 Å². The van der Waals surface area contributed by atoms with Crippen molar-refractivity contribution in [1.82, 2.24) is 0 Å². The molecule has 3 nitrogen and oxygen atoms in total. The van der Waals surface area contributed by atoms with Gasteiger partial charge in [-0.25, -0.2) is 4.79 Å². The predicted octanol–water partition coefficient (Wildman–Crippen LogP) is 2.02. The van der Waals surface area contributed by atoms with Crippen LogP contribution in [0.15, 0.2) is 0 Å². The third-order valence-electron chi connectivity index (χ3n) is 0.719. The summed E-state index contributed by atoms with van der Waals surface area (Å²) in [5.74, 6) is 0. The summed E-state index contributed by atoms with van der Waals surface area (Å²) >= 11 is 0. The number of hydrogen-bond donors (Lipinski definition) is 0. The van der Waals surface area contributed by atoms with Crippen molar-refractivity contribution in [1.29, 1.82) is 0 Å². The smallest absolute Gasteiger partial charge is 0.435 e. The Morgan fingerprint density at radius 3 is 2.33 bits per heavy atom. The van der Waals surface area contributed by atoms with E-state index in [1.165, 1.54) is 6.92 Å². The molecule has 0 aliphatic heterocycles. The van der Waals surface area contributed by atoms with E-state index in [4.69, 9.17) is 0 Å². The van der Waals surface area contributed by atoms with Crippen LogP contribution in [-0.2, 0) is 9.47 Å². The number of carbonyl (C=O) groups is 1. The topological polar surface area (TPSA) is 35.5 Å². The summed E-state index contributed by atoms with van der Waals surface area (Å²) in [4.78, 5) is 10.1. The van der Waals surface area contributed by atoms with Gasteiger partial charge in [0.25, 0.3) is 0 Å². The highest BCUT2D eigenvalue weighted by Crippen LogP contribution is 2.23. The molecule has 0 aliphatic rings. The zero-order valence-electron chi connectivity index (χ0n) is 6.02. The number of alkyl halides is 4. The van der Waals surface area contributed by atoms with Crippen molar-refractivity contribution in [2.45, 2.75) is 19.5 Å². The predicted molar refractivity (Wildman–Crippen MR) is 29.1 cm³/mol. The van der Waals surface area contributed by atoms with Crippen molar-refractivity contribution in [3.63, 3.8) is 0 Å². The quantitative estimate of drug-likeness (QED) is 0.493. The lowest BCUT2D eigenvalue weighted by Crippen LogP contribution is -2.29. The van der Waals surface area contributed by atoms with E-state index in [0.717, 1.165) is 0 Å². The van der Waals surface area contributed by atoms with E-state index in [1.54, 1.807) is 0 Å². The summed E-state index contributed by atoms with van der Waals surface area (Å²) < 4.78 is 53.0. The van der Waals surface area contributed by atoms with Crippen LogP contribution in [0.3, 0.4) is 0 Å². The Bertz CT molecular complexity index is 155. The molecular weight excluding hydrogens is 184 g/mol. The number of carbonyl (C=O) groups excluding carboxylic acids is 1. The molecule has 0 N–H and O–H groups in total.